The predicted molar refractivity (Wildman–Crippen MR) is 129 cm³/mol. The van der Waals surface area contributed by atoms with Gasteiger partial charge in [-0.2, -0.15) is 0 Å². The van der Waals surface area contributed by atoms with Crippen LogP contribution in [0.4, 0.5) is 0 Å². The lowest BCUT2D eigenvalue weighted by molar-refractivity contribution is 0.415. The minimum absolute atomic E-state index is 0.823. The smallest absolute Gasteiger partial charge is 0.128 e. The molecule has 2 N–H and O–H groups in total. The van der Waals surface area contributed by atoms with E-state index in [1.54, 1.807) is 7.11 Å². The van der Waals surface area contributed by atoms with Crippen molar-refractivity contribution >= 4 is 21.8 Å². The molecule has 0 fully saturated rings. The molecule has 32 heavy (non-hydrogen) atoms. The largest absolute Gasteiger partial charge is 0.497 e. The molecule has 162 valence electrons. The van der Waals surface area contributed by atoms with Gasteiger partial charge in [-0.1, -0.05) is 6.07 Å². The Labute approximate surface area is 187 Å². The van der Waals surface area contributed by atoms with E-state index in [1.807, 2.05) is 12.3 Å². The minimum Gasteiger partial charge on any atom is -0.497 e. The lowest BCUT2D eigenvalue weighted by atomic mass is 10.0. The van der Waals surface area contributed by atoms with E-state index >= 15 is 0 Å². The third kappa shape index (κ3) is 4.11. The summed E-state index contributed by atoms with van der Waals surface area (Å²) in [6.07, 6.45) is 7.73. The molecule has 0 amide bonds. The van der Waals surface area contributed by atoms with Crippen LogP contribution in [0.5, 0.6) is 5.75 Å². The standard InChI is InChI=1S/C27H28N4O/c1-17-15-29-27(6-4-5-20-16-28-25-10-8-22(32-3)14-23(20)25)31-26(17)13-19-7-9-24-21(12-19)11-18(2)30-24/h7-12,14-16,28,30H,4-6,13H2,1-3H3. The number of aryl methyl sites for hydroxylation is 4. The Bertz CT molecular complexity index is 1400. The lowest BCUT2D eigenvalue weighted by Gasteiger charge is -2.08. The molecule has 2 aromatic carbocycles. The number of rotatable bonds is 7. The normalized spacial score (nSPS) is 11.5. The molecule has 0 atom stereocenters. The maximum absolute atomic E-state index is 5.38. The van der Waals surface area contributed by atoms with Crippen molar-refractivity contribution in [1.29, 1.82) is 0 Å². The fourth-order valence-electron chi connectivity index (χ4n) is 4.38. The predicted octanol–water partition coefficient (Wildman–Crippen LogP) is 5.83. The molecule has 0 aliphatic rings. The summed E-state index contributed by atoms with van der Waals surface area (Å²) >= 11 is 0. The summed E-state index contributed by atoms with van der Waals surface area (Å²) in [5.41, 5.74) is 8.34. The van der Waals surface area contributed by atoms with Crippen molar-refractivity contribution in [1.82, 2.24) is 19.9 Å². The van der Waals surface area contributed by atoms with E-state index in [4.69, 9.17) is 9.72 Å². The molecular formula is C27H28N4O. The summed E-state index contributed by atoms with van der Waals surface area (Å²) in [4.78, 5) is 16.3. The number of H-pyrrole nitrogens is 2. The number of benzene rings is 2. The Morgan fingerprint density at radius 3 is 2.72 bits per heavy atom. The van der Waals surface area contributed by atoms with E-state index in [2.05, 4.69) is 71.4 Å². The van der Waals surface area contributed by atoms with Crippen LogP contribution in [-0.4, -0.2) is 27.0 Å². The van der Waals surface area contributed by atoms with Crippen LogP contribution in [0.1, 0.15) is 40.3 Å². The number of ether oxygens (including phenoxy) is 1. The van der Waals surface area contributed by atoms with Crippen LogP contribution in [0.25, 0.3) is 21.8 Å². The summed E-state index contributed by atoms with van der Waals surface area (Å²) in [7, 11) is 1.71. The van der Waals surface area contributed by atoms with Crippen molar-refractivity contribution in [2.75, 3.05) is 7.11 Å². The molecule has 5 rings (SSSR count). The van der Waals surface area contributed by atoms with Gasteiger partial charge in [0.05, 0.1) is 12.8 Å². The van der Waals surface area contributed by atoms with Gasteiger partial charge in [0.2, 0.25) is 0 Å². The maximum atomic E-state index is 5.38. The van der Waals surface area contributed by atoms with Crippen LogP contribution in [0.15, 0.2) is 54.9 Å². The molecule has 0 aliphatic carbocycles. The van der Waals surface area contributed by atoms with Crippen molar-refractivity contribution < 1.29 is 4.74 Å². The van der Waals surface area contributed by atoms with E-state index in [0.717, 1.165) is 54.0 Å². The molecule has 0 bridgehead atoms. The number of hydrogen-bond donors (Lipinski definition) is 2. The Morgan fingerprint density at radius 2 is 1.84 bits per heavy atom. The van der Waals surface area contributed by atoms with Crippen molar-refractivity contribution in [2.24, 2.45) is 0 Å². The quantitative estimate of drug-likeness (QED) is 0.345. The topological polar surface area (TPSA) is 66.6 Å². The molecule has 0 spiro atoms. The van der Waals surface area contributed by atoms with Gasteiger partial charge in [0.15, 0.2) is 0 Å². The second-order valence-corrected chi connectivity index (χ2v) is 8.55. The van der Waals surface area contributed by atoms with Gasteiger partial charge in [0.1, 0.15) is 11.6 Å². The summed E-state index contributed by atoms with van der Waals surface area (Å²) < 4.78 is 5.38. The zero-order valence-corrected chi connectivity index (χ0v) is 18.8. The number of aromatic amines is 2. The number of aromatic nitrogens is 4. The molecule has 5 aromatic rings. The molecule has 0 radical (unpaired) electrons. The third-order valence-corrected chi connectivity index (χ3v) is 6.14. The van der Waals surface area contributed by atoms with E-state index in [1.165, 1.54) is 33.1 Å². The SMILES string of the molecule is COc1ccc2[nH]cc(CCCc3ncc(C)c(Cc4ccc5[nH]c(C)cc5c4)n3)c2c1. The highest BCUT2D eigenvalue weighted by molar-refractivity contribution is 5.84. The van der Waals surface area contributed by atoms with Crippen LogP contribution in [0.3, 0.4) is 0 Å². The van der Waals surface area contributed by atoms with Crippen molar-refractivity contribution in [3.63, 3.8) is 0 Å². The van der Waals surface area contributed by atoms with Crippen LogP contribution in [0, 0.1) is 13.8 Å². The second-order valence-electron chi connectivity index (χ2n) is 8.55. The van der Waals surface area contributed by atoms with Gasteiger partial charge in [-0.3, -0.25) is 0 Å². The van der Waals surface area contributed by atoms with E-state index in [9.17, 15) is 0 Å². The summed E-state index contributed by atoms with van der Waals surface area (Å²) in [5, 5.41) is 2.48. The zero-order valence-electron chi connectivity index (χ0n) is 18.8. The summed E-state index contributed by atoms with van der Waals surface area (Å²) in [5.74, 6) is 1.81. The van der Waals surface area contributed by atoms with Crippen LogP contribution in [0.2, 0.25) is 0 Å². The van der Waals surface area contributed by atoms with Gasteiger partial charge in [-0.05, 0) is 85.2 Å². The average Bonchev–Trinajstić information content (AvgIpc) is 3.37. The molecule has 0 saturated carbocycles. The summed E-state index contributed by atoms with van der Waals surface area (Å²) in [6, 6.07) is 14.9. The first-order valence-corrected chi connectivity index (χ1v) is 11.1. The number of methoxy groups -OCH3 is 1. The molecule has 3 heterocycles. The Morgan fingerprint density at radius 1 is 0.969 bits per heavy atom. The van der Waals surface area contributed by atoms with Crippen molar-refractivity contribution in [2.45, 2.75) is 39.5 Å². The van der Waals surface area contributed by atoms with Gasteiger partial charge >= 0.3 is 0 Å². The van der Waals surface area contributed by atoms with Gasteiger partial charge in [0.25, 0.3) is 0 Å². The van der Waals surface area contributed by atoms with E-state index in [-0.39, 0.29) is 0 Å². The van der Waals surface area contributed by atoms with Gasteiger partial charge < -0.3 is 14.7 Å². The first kappa shape index (κ1) is 20.3. The maximum Gasteiger partial charge on any atom is 0.128 e. The highest BCUT2D eigenvalue weighted by Gasteiger charge is 2.09. The number of fused-ring (bicyclic) bond motifs is 2. The number of nitrogens with zero attached hydrogens (tertiary/aromatic N) is 2. The molecule has 0 aliphatic heterocycles. The van der Waals surface area contributed by atoms with Crippen molar-refractivity contribution in [3.8, 4) is 5.75 Å². The molecule has 0 saturated heterocycles. The second kappa shape index (κ2) is 8.50. The minimum atomic E-state index is 0.823. The zero-order chi connectivity index (χ0) is 22.1. The molecule has 0 unspecified atom stereocenters. The summed E-state index contributed by atoms with van der Waals surface area (Å²) in [6.45, 7) is 4.19. The molecular weight excluding hydrogens is 396 g/mol. The van der Waals surface area contributed by atoms with Crippen LogP contribution in [-0.2, 0) is 19.3 Å². The molecule has 5 heteroatoms. The average molecular weight is 425 g/mol. The first-order valence-electron chi connectivity index (χ1n) is 11.1. The third-order valence-electron chi connectivity index (χ3n) is 6.14. The first-order chi connectivity index (χ1) is 15.6. The lowest BCUT2D eigenvalue weighted by Crippen LogP contribution is -2.03. The monoisotopic (exact) mass is 424 g/mol. The fourth-order valence-corrected chi connectivity index (χ4v) is 4.38. The Hall–Kier alpha value is -3.60. The molecule has 5 nitrogen and oxygen atoms in total. The van der Waals surface area contributed by atoms with Crippen LogP contribution >= 0.6 is 0 Å². The van der Waals surface area contributed by atoms with Gasteiger partial charge in [-0.15, -0.1) is 0 Å². The number of nitrogens with one attached hydrogen (secondary N) is 2. The molecule has 3 aromatic heterocycles. The van der Waals surface area contributed by atoms with Crippen LogP contribution < -0.4 is 4.74 Å². The Balaban J connectivity index is 1.28. The highest BCUT2D eigenvalue weighted by atomic mass is 16.5. The fraction of sp³-hybridized carbons (Fsp3) is 0.259. The Kier molecular flexibility index (Phi) is 5.39. The van der Waals surface area contributed by atoms with Gasteiger partial charge in [-0.25, -0.2) is 9.97 Å². The highest BCUT2D eigenvalue weighted by Crippen LogP contribution is 2.25. The van der Waals surface area contributed by atoms with Crippen molar-refractivity contribution in [3.05, 3.63) is 88.8 Å². The van der Waals surface area contributed by atoms with E-state index < -0.39 is 0 Å². The van der Waals surface area contributed by atoms with Gasteiger partial charge in [0, 0.05) is 47.3 Å². The number of hydrogen-bond acceptors (Lipinski definition) is 3. The van der Waals surface area contributed by atoms with E-state index in [0.29, 0.717) is 0 Å².